The van der Waals surface area contributed by atoms with Gasteiger partial charge < -0.3 is 14.8 Å². The molecule has 0 bridgehead atoms. The Morgan fingerprint density at radius 1 is 0.914 bits per heavy atom. The van der Waals surface area contributed by atoms with Crippen LogP contribution in [0.4, 0.5) is 0 Å². The summed E-state index contributed by atoms with van der Waals surface area (Å²) in [7, 11) is 0. The molecule has 0 saturated heterocycles. The molecule has 1 heterocycles. The summed E-state index contributed by atoms with van der Waals surface area (Å²) in [5, 5.41) is 16.3. The molecule has 7 nitrogen and oxygen atoms in total. The first kappa shape index (κ1) is 26.5. The van der Waals surface area contributed by atoms with Gasteiger partial charge in [-0.2, -0.15) is 4.68 Å². The summed E-state index contributed by atoms with van der Waals surface area (Å²) in [5.41, 5.74) is 4.47. The van der Waals surface area contributed by atoms with Gasteiger partial charge in [0, 0.05) is 18.8 Å². The van der Waals surface area contributed by atoms with E-state index >= 15 is 0 Å². The molecule has 184 valence electrons. The highest BCUT2D eigenvalue weighted by molar-refractivity contribution is 7.99. The van der Waals surface area contributed by atoms with Crippen molar-refractivity contribution in [1.29, 1.82) is 0 Å². The van der Waals surface area contributed by atoms with Crippen LogP contribution in [0.25, 0.3) is 5.69 Å². The number of aryl methyl sites for hydroxylation is 1. The Labute approximate surface area is 216 Å². The highest BCUT2D eigenvalue weighted by atomic mass is 35.5. The van der Waals surface area contributed by atoms with Crippen LogP contribution >= 0.6 is 24.2 Å². The first-order valence-corrected chi connectivity index (χ1v) is 12.3. The zero-order chi connectivity index (χ0) is 23.6. The summed E-state index contributed by atoms with van der Waals surface area (Å²) in [5.74, 6) is 2.38. The number of hydrogen-bond acceptors (Lipinski definition) is 7. The van der Waals surface area contributed by atoms with Crippen LogP contribution in [0.15, 0.2) is 78.0 Å². The largest absolute Gasteiger partial charge is 0.490 e. The fourth-order valence-corrected chi connectivity index (χ4v) is 4.13. The molecule has 0 atom stereocenters. The number of thioether (sulfide) groups is 1. The average molecular weight is 512 g/mol. The first-order valence-electron chi connectivity index (χ1n) is 11.3. The second-order valence-electron chi connectivity index (χ2n) is 7.72. The lowest BCUT2D eigenvalue weighted by Crippen LogP contribution is -2.17. The lowest BCUT2D eigenvalue weighted by Gasteiger charge is -2.14. The lowest BCUT2D eigenvalue weighted by atomic mass is 10.1. The summed E-state index contributed by atoms with van der Waals surface area (Å²) in [6.45, 7) is 6.72. The highest BCUT2D eigenvalue weighted by Crippen LogP contribution is 2.29. The van der Waals surface area contributed by atoms with Gasteiger partial charge in [0.15, 0.2) is 11.5 Å². The van der Waals surface area contributed by atoms with Crippen molar-refractivity contribution >= 4 is 24.2 Å². The summed E-state index contributed by atoms with van der Waals surface area (Å²) >= 11 is 1.62. The van der Waals surface area contributed by atoms with Crippen LogP contribution in [0, 0.1) is 6.92 Å². The van der Waals surface area contributed by atoms with Gasteiger partial charge in [0.25, 0.3) is 0 Å². The minimum atomic E-state index is 0. The number of rotatable bonds is 12. The maximum Gasteiger partial charge on any atom is 0.214 e. The molecular weight excluding hydrogens is 482 g/mol. The lowest BCUT2D eigenvalue weighted by molar-refractivity contribution is 0.269. The SMILES string of the molecule is CCOc1cc(CNCCSc2nnnn2-c2ccccc2)ccc1OCc1ccc(C)cc1.Cl. The molecule has 1 aromatic heterocycles. The van der Waals surface area contributed by atoms with E-state index in [1.165, 1.54) is 5.56 Å². The van der Waals surface area contributed by atoms with Gasteiger partial charge in [-0.1, -0.05) is 65.9 Å². The van der Waals surface area contributed by atoms with Crippen LogP contribution in [0.2, 0.25) is 0 Å². The quantitative estimate of drug-likeness (QED) is 0.205. The summed E-state index contributed by atoms with van der Waals surface area (Å²) < 4.78 is 13.6. The Hall–Kier alpha value is -3.07. The van der Waals surface area contributed by atoms with Crippen LogP contribution in [0.5, 0.6) is 11.5 Å². The standard InChI is InChI=1S/C26H29N5O2S.ClH/c1-3-32-25-17-22(13-14-24(25)33-19-21-11-9-20(2)10-12-21)18-27-15-16-34-26-28-29-30-31(26)23-7-5-4-6-8-23;/h4-14,17,27H,3,15-16,18-19H2,1-2H3;1H. The molecule has 0 amide bonds. The van der Waals surface area contributed by atoms with E-state index in [4.69, 9.17) is 9.47 Å². The third-order valence-electron chi connectivity index (χ3n) is 5.10. The van der Waals surface area contributed by atoms with Crippen LogP contribution in [-0.2, 0) is 13.2 Å². The van der Waals surface area contributed by atoms with Crippen LogP contribution in [0.1, 0.15) is 23.6 Å². The molecule has 35 heavy (non-hydrogen) atoms. The van der Waals surface area contributed by atoms with Crippen molar-refractivity contribution in [3.05, 3.63) is 89.5 Å². The Bertz CT molecular complexity index is 1170. The van der Waals surface area contributed by atoms with Gasteiger partial charge in [-0.25, -0.2) is 0 Å². The van der Waals surface area contributed by atoms with Gasteiger partial charge in [0.2, 0.25) is 5.16 Å². The van der Waals surface area contributed by atoms with Gasteiger partial charge in [0.05, 0.1) is 12.3 Å². The predicted molar refractivity (Wildman–Crippen MR) is 142 cm³/mol. The molecule has 0 saturated carbocycles. The monoisotopic (exact) mass is 511 g/mol. The van der Waals surface area contributed by atoms with E-state index in [9.17, 15) is 0 Å². The summed E-state index contributed by atoms with van der Waals surface area (Å²) in [4.78, 5) is 0. The van der Waals surface area contributed by atoms with E-state index in [0.29, 0.717) is 13.2 Å². The van der Waals surface area contributed by atoms with Crippen LogP contribution < -0.4 is 14.8 Å². The minimum Gasteiger partial charge on any atom is -0.490 e. The van der Waals surface area contributed by atoms with E-state index in [1.807, 2.05) is 49.4 Å². The topological polar surface area (TPSA) is 74.1 Å². The zero-order valence-electron chi connectivity index (χ0n) is 19.9. The Balaban J connectivity index is 0.00000342. The van der Waals surface area contributed by atoms with Crippen molar-refractivity contribution in [2.75, 3.05) is 18.9 Å². The number of halogens is 1. The van der Waals surface area contributed by atoms with Gasteiger partial charge in [-0.05, 0) is 59.7 Å². The smallest absolute Gasteiger partial charge is 0.214 e. The maximum atomic E-state index is 6.03. The van der Waals surface area contributed by atoms with Crippen molar-refractivity contribution in [1.82, 2.24) is 25.5 Å². The first-order chi connectivity index (χ1) is 16.7. The number of tetrazole rings is 1. The second-order valence-corrected chi connectivity index (χ2v) is 8.78. The van der Waals surface area contributed by atoms with E-state index in [0.717, 1.165) is 52.3 Å². The van der Waals surface area contributed by atoms with E-state index in [-0.39, 0.29) is 12.4 Å². The van der Waals surface area contributed by atoms with E-state index < -0.39 is 0 Å². The van der Waals surface area contributed by atoms with E-state index in [2.05, 4.69) is 58.1 Å². The molecule has 9 heteroatoms. The molecule has 0 unspecified atom stereocenters. The average Bonchev–Trinajstić information content (AvgIpc) is 3.34. The molecular formula is C26H30ClN5O2S. The third kappa shape index (κ3) is 7.71. The molecule has 0 spiro atoms. The molecule has 0 aliphatic carbocycles. The Kier molecular flexibility index (Phi) is 10.4. The van der Waals surface area contributed by atoms with Crippen molar-refractivity contribution in [2.45, 2.75) is 32.2 Å². The molecule has 4 rings (SSSR count). The number of ether oxygens (including phenoxy) is 2. The molecule has 1 N–H and O–H groups in total. The number of nitrogens with zero attached hydrogens (tertiary/aromatic N) is 4. The van der Waals surface area contributed by atoms with Gasteiger partial charge in [-0.15, -0.1) is 17.5 Å². The number of hydrogen-bond donors (Lipinski definition) is 1. The third-order valence-corrected chi connectivity index (χ3v) is 6.02. The molecule has 0 fully saturated rings. The maximum absolute atomic E-state index is 6.03. The van der Waals surface area contributed by atoms with Crippen molar-refractivity contribution in [2.24, 2.45) is 0 Å². The second kappa shape index (κ2) is 13.7. The number of benzene rings is 3. The predicted octanol–water partition coefficient (Wildman–Crippen LogP) is 5.25. The number of aromatic nitrogens is 4. The van der Waals surface area contributed by atoms with Gasteiger partial charge in [0.1, 0.15) is 6.61 Å². The molecule has 0 aliphatic heterocycles. The number of para-hydroxylation sites is 1. The van der Waals surface area contributed by atoms with Crippen molar-refractivity contribution < 1.29 is 9.47 Å². The Morgan fingerprint density at radius 2 is 1.69 bits per heavy atom. The molecule has 4 aromatic rings. The summed E-state index contributed by atoms with van der Waals surface area (Å²) in [6, 6.07) is 24.4. The molecule has 0 aliphatic rings. The normalized spacial score (nSPS) is 10.6. The highest BCUT2D eigenvalue weighted by Gasteiger charge is 2.09. The van der Waals surface area contributed by atoms with E-state index in [1.54, 1.807) is 16.4 Å². The Morgan fingerprint density at radius 3 is 2.46 bits per heavy atom. The van der Waals surface area contributed by atoms with Gasteiger partial charge >= 0.3 is 0 Å². The number of nitrogens with one attached hydrogen (secondary N) is 1. The molecule has 0 radical (unpaired) electrons. The fraction of sp³-hybridized carbons (Fsp3) is 0.269. The fourth-order valence-electron chi connectivity index (χ4n) is 3.34. The van der Waals surface area contributed by atoms with Crippen molar-refractivity contribution in [3.63, 3.8) is 0 Å². The molecule has 3 aromatic carbocycles. The summed E-state index contributed by atoms with van der Waals surface area (Å²) in [6.07, 6.45) is 0. The zero-order valence-corrected chi connectivity index (χ0v) is 21.5. The van der Waals surface area contributed by atoms with Crippen LogP contribution in [0.3, 0.4) is 0 Å². The van der Waals surface area contributed by atoms with Crippen LogP contribution in [-0.4, -0.2) is 39.1 Å². The van der Waals surface area contributed by atoms with Crippen molar-refractivity contribution in [3.8, 4) is 17.2 Å². The minimum absolute atomic E-state index is 0. The van der Waals surface area contributed by atoms with Gasteiger partial charge in [-0.3, -0.25) is 0 Å².